The highest BCUT2D eigenvalue weighted by Gasteiger charge is 2.21. The molecule has 0 bridgehead atoms. The lowest BCUT2D eigenvalue weighted by Crippen LogP contribution is -2.21. The zero-order valence-corrected chi connectivity index (χ0v) is 11.3. The third-order valence-corrected chi connectivity index (χ3v) is 2.83. The standard InChI is InChI=1S/C13H21NO4/c1-14-7-9(8-15)13-11(17-3)5-10(16-2)6-12(13)18-4/h5-6,9,14-15H,7-8H2,1-4H3. The Hall–Kier alpha value is -1.46. The van der Waals surface area contributed by atoms with Gasteiger partial charge in [-0.2, -0.15) is 0 Å². The maximum Gasteiger partial charge on any atom is 0.129 e. The third kappa shape index (κ3) is 3.05. The number of nitrogens with one attached hydrogen (secondary N) is 1. The summed E-state index contributed by atoms with van der Waals surface area (Å²) in [7, 11) is 6.60. The number of ether oxygens (including phenoxy) is 3. The number of hydrogen-bond donors (Lipinski definition) is 2. The van der Waals surface area contributed by atoms with E-state index in [9.17, 15) is 5.11 Å². The van der Waals surface area contributed by atoms with Crippen molar-refractivity contribution >= 4 is 0 Å². The molecule has 0 heterocycles. The number of hydrogen-bond acceptors (Lipinski definition) is 5. The summed E-state index contributed by atoms with van der Waals surface area (Å²) in [6.45, 7) is 0.648. The Kier molecular flexibility index (Phi) is 5.74. The average molecular weight is 255 g/mol. The minimum atomic E-state index is -0.0918. The largest absolute Gasteiger partial charge is 0.496 e. The van der Waals surface area contributed by atoms with E-state index in [0.29, 0.717) is 23.8 Å². The van der Waals surface area contributed by atoms with Crippen molar-refractivity contribution in [3.8, 4) is 17.2 Å². The van der Waals surface area contributed by atoms with E-state index in [1.807, 2.05) is 7.05 Å². The minimum absolute atomic E-state index is 0.0138. The molecule has 1 aromatic rings. The number of aliphatic hydroxyl groups is 1. The molecule has 18 heavy (non-hydrogen) atoms. The first-order valence-corrected chi connectivity index (χ1v) is 5.77. The highest BCUT2D eigenvalue weighted by Crippen LogP contribution is 2.38. The molecule has 0 fully saturated rings. The summed E-state index contributed by atoms with van der Waals surface area (Å²) in [6.07, 6.45) is 0. The number of aliphatic hydroxyl groups excluding tert-OH is 1. The first-order chi connectivity index (χ1) is 8.71. The minimum Gasteiger partial charge on any atom is -0.496 e. The predicted molar refractivity (Wildman–Crippen MR) is 69.9 cm³/mol. The van der Waals surface area contributed by atoms with Gasteiger partial charge in [0.15, 0.2) is 0 Å². The fraction of sp³-hybridized carbons (Fsp3) is 0.538. The van der Waals surface area contributed by atoms with Gasteiger partial charge in [0.1, 0.15) is 17.2 Å². The van der Waals surface area contributed by atoms with E-state index in [0.717, 1.165) is 5.56 Å². The van der Waals surface area contributed by atoms with Crippen molar-refractivity contribution in [3.05, 3.63) is 17.7 Å². The van der Waals surface area contributed by atoms with Crippen LogP contribution < -0.4 is 19.5 Å². The second-order valence-electron chi connectivity index (χ2n) is 3.88. The summed E-state index contributed by atoms with van der Waals surface area (Å²) in [6, 6.07) is 3.58. The highest BCUT2D eigenvalue weighted by molar-refractivity contribution is 5.52. The van der Waals surface area contributed by atoms with E-state index in [4.69, 9.17) is 14.2 Å². The smallest absolute Gasteiger partial charge is 0.129 e. The lowest BCUT2D eigenvalue weighted by molar-refractivity contribution is 0.255. The maximum absolute atomic E-state index is 9.49. The van der Waals surface area contributed by atoms with Gasteiger partial charge in [0.2, 0.25) is 0 Å². The molecule has 0 radical (unpaired) electrons. The molecule has 0 aromatic heterocycles. The molecule has 2 N–H and O–H groups in total. The van der Waals surface area contributed by atoms with Crippen molar-refractivity contribution in [2.24, 2.45) is 0 Å². The van der Waals surface area contributed by atoms with Gasteiger partial charge in [-0.05, 0) is 7.05 Å². The van der Waals surface area contributed by atoms with Crippen LogP contribution in [0.2, 0.25) is 0 Å². The lowest BCUT2D eigenvalue weighted by atomic mass is 9.97. The van der Waals surface area contributed by atoms with Crippen molar-refractivity contribution in [1.82, 2.24) is 5.32 Å². The quantitative estimate of drug-likeness (QED) is 0.761. The molecule has 5 nitrogen and oxygen atoms in total. The average Bonchev–Trinajstić information content (AvgIpc) is 2.43. The van der Waals surface area contributed by atoms with E-state index < -0.39 is 0 Å². The normalized spacial score (nSPS) is 12.1. The Bertz CT molecular complexity index is 356. The van der Waals surface area contributed by atoms with Crippen LogP contribution >= 0.6 is 0 Å². The molecule has 1 atom stereocenters. The summed E-state index contributed by atoms with van der Waals surface area (Å²) in [5.74, 6) is 1.88. The van der Waals surface area contributed by atoms with Gasteiger partial charge in [-0.3, -0.25) is 0 Å². The fourth-order valence-electron chi connectivity index (χ4n) is 1.94. The molecular formula is C13H21NO4. The number of likely N-dealkylation sites (N-methyl/N-ethyl adjacent to an activating group) is 1. The summed E-state index contributed by atoms with van der Waals surface area (Å²) < 4.78 is 15.9. The molecule has 0 spiro atoms. The summed E-state index contributed by atoms with van der Waals surface area (Å²) >= 11 is 0. The molecule has 1 unspecified atom stereocenters. The monoisotopic (exact) mass is 255 g/mol. The molecule has 0 aliphatic heterocycles. The molecule has 0 aliphatic carbocycles. The molecule has 0 amide bonds. The number of rotatable bonds is 7. The van der Waals surface area contributed by atoms with Crippen LogP contribution in [0.1, 0.15) is 11.5 Å². The lowest BCUT2D eigenvalue weighted by Gasteiger charge is -2.21. The zero-order valence-electron chi connectivity index (χ0n) is 11.3. The zero-order chi connectivity index (χ0) is 13.5. The van der Waals surface area contributed by atoms with Gasteiger partial charge in [-0.1, -0.05) is 0 Å². The van der Waals surface area contributed by atoms with Gasteiger partial charge in [-0.15, -0.1) is 0 Å². The first kappa shape index (κ1) is 14.6. The van der Waals surface area contributed by atoms with E-state index in [1.165, 1.54) is 0 Å². The second-order valence-corrected chi connectivity index (χ2v) is 3.88. The fourth-order valence-corrected chi connectivity index (χ4v) is 1.94. The molecule has 0 saturated heterocycles. The van der Waals surface area contributed by atoms with E-state index in [2.05, 4.69) is 5.32 Å². The van der Waals surface area contributed by atoms with Crippen molar-refractivity contribution in [1.29, 1.82) is 0 Å². The Morgan fingerprint density at radius 2 is 1.67 bits per heavy atom. The van der Waals surface area contributed by atoms with E-state index in [1.54, 1.807) is 33.5 Å². The van der Waals surface area contributed by atoms with Gasteiger partial charge in [0.25, 0.3) is 0 Å². The maximum atomic E-state index is 9.49. The van der Waals surface area contributed by atoms with Crippen LogP contribution in [0, 0.1) is 0 Å². The van der Waals surface area contributed by atoms with Crippen LogP contribution in [0.15, 0.2) is 12.1 Å². The number of methoxy groups -OCH3 is 3. The summed E-state index contributed by atoms with van der Waals surface area (Å²) in [5, 5.41) is 12.5. The van der Waals surface area contributed by atoms with Gasteiger partial charge in [0.05, 0.1) is 27.9 Å². The van der Waals surface area contributed by atoms with Crippen molar-refractivity contribution < 1.29 is 19.3 Å². The molecule has 0 aliphatic rings. The highest BCUT2D eigenvalue weighted by atomic mass is 16.5. The second kappa shape index (κ2) is 7.08. The van der Waals surface area contributed by atoms with Crippen molar-refractivity contribution in [2.75, 3.05) is 41.5 Å². The van der Waals surface area contributed by atoms with Gasteiger partial charge in [0, 0.05) is 30.2 Å². The van der Waals surface area contributed by atoms with E-state index >= 15 is 0 Å². The number of benzene rings is 1. The molecule has 5 heteroatoms. The van der Waals surface area contributed by atoms with E-state index in [-0.39, 0.29) is 12.5 Å². The Labute approximate surface area is 108 Å². The molecule has 0 saturated carbocycles. The Morgan fingerprint density at radius 1 is 1.11 bits per heavy atom. The van der Waals surface area contributed by atoms with Crippen LogP contribution in [-0.2, 0) is 0 Å². The summed E-state index contributed by atoms with van der Waals surface area (Å²) in [4.78, 5) is 0. The molecular weight excluding hydrogens is 234 g/mol. The van der Waals surface area contributed by atoms with Crippen molar-refractivity contribution in [3.63, 3.8) is 0 Å². The van der Waals surface area contributed by atoms with Gasteiger partial charge >= 0.3 is 0 Å². The third-order valence-electron chi connectivity index (χ3n) is 2.83. The Morgan fingerprint density at radius 3 is 2.00 bits per heavy atom. The Balaban J connectivity index is 3.28. The van der Waals surface area contributed by atoms with Gasteiger partial charge in [-0.25, -0.2) is 0 Å². The van der Waals surface area contributed by atoms with Crippen LogP contribution in [0.5, 0.6) is 17.2 Å². The first-order valence-electron chi connectivity index (χ1n) is 5.77. The van der Waals surface area contributed by atoms with Crippen molar-refractivity contribution in [2.45, 2.75) is 5.92 Å². The molecule has 1 aromatic carbocycles. The van der Waals surface area contributed by atoms with Crippen LogP contribution in [0.3, 0.4) is 0 Å². The van der Waals surface area contributed by atoms with Crippen LogP contribution in [-0.4, -0.2) is 46.6 Å². The summed E-state index contributed by atoms with van der Waals surface area (Å²) in [5.41, 5.74) is 0.845. The topological polar surface area (TPSA) is 60.0 Å². The molecule has 1 rings (SSSR count). The molecule has 102 valence electrons. The predicted octanol–water partition coefficient (Wildman–Crippen LogP) is 1.01. The van der Waals surface area contributed by atoms with Gasteiger partial charge < -0.3 is 24.6 Å². The SMILES string of the molecule is CNCC(CO)c1c(OC)cc(OC)cc1OC. The van der Waals surface area contributed by atoms with Crippen LogP contribution in [0.25, 0.3) is 0 Å². The van der Waals surface area contributed by atoms with Crippen LogP contribution in [0.4, 0.5) is 0 Å².